The van der Waals surface area contributed by atoms with Gasteiger partial charge in [0.1, 0.15) is 12.4 Å². The highest BCUT2D eigenvalue weighted by Gasteiger charge is 2.02. The molecule has 1 atom stereocenters. The summed E-state index contributed by atoms with van der Waals surface area (Å²) >= 11 is 0. The van der Waals surface area contributed by atoms with Gasteiger partial charge in [-0.05, 0) is 30.5 Å². The molecule has 17 heavy (non-hydrogen) atoms. The van der Waals surface area contributed by atoms with Gasteiger partial charge in [0.05, 0.1) is 12.6 Å². The Kier molecular flexibility index (Phi) is 6.67. The van der Waals surface area contributed by atoms with E-state index in [-0.39, 0.29) is 6.04 Å². The molecule has 0 aliphatic rings. The quantitative estimate of drug-likeness (QED) is 0.755. The van der Waals surface area contributed by atoms with Crippen LogP contribution in [0.5, 0.6) is 5.75 Å². The lowest BCUT2D eigenvalue weighted by Crippen LogP contribution is -2.32. The maximum atomic E-state index is 5.78. The standard InChI is InChI=1S/C14H23NO2/c1-3-4-5-12-6-8-14(9-7-12)17-11-13(15)10-16-2/h6-9,13H,3-5,10-11,15H2,1-2H3. The summed E-state index contributed by atoms with van der Waals surface area (Å²) in [6.07, 6.45) is 3.60. The van der Waals surface area contributed by atoms with Crippen molar-refractivity contribution in [2.24, 2.45) is 5.73 Å². The molecule has 1 rings (SSSR count). The molecule has 2 N–H and O–H groups in total. The predicted octanol–water partition coefficient (Wildman–Crippen LogP) is 2.38. The van der Waals surface area contributed by atoms with Gasteiger partial charge < -0.3 is 15.2 Å². The summed E-state index contributed by atoms with van der Waals surface area (Å²) in [5.41, 5.74) is 7.14. The Hall–Kier alpha value is -1.06. The Morgan fingerprint density at radius 2 is 1.88 bits per heavy atom. The smallest absolute Gasteiger partial charge is 0.119 e. The van der Waals surface area contributed by atoms with Crippen LogP contribution in [-0.2, 0) is 11.2 Å². The Morgan fingerprint density at radius 1 is 1.18 bits per heavy atom. The van der Waals surface area contributed by atoms with E-state index in [2.05, 4.69) is 19.1 Å². The summed E-state index contributed by atoms with van der Waals surface area (Å²) in [5.74, 6) is 0.872. The van der Waals surface area contributed by atoms with Crippen LogP contribution in [0.3, 0.4) is 0 Å². The van der Waals surface area contributed by atoms with Gasteiger partial charge in [-0.3, -0.25) is 0 Å². The van der Waals surface area contributed by atoms with Crippen molar-refractivity contribution >= 4 is 0 Å². The van der Waals surface area contributed by atoms with Gasteiger partial charge in [0.25, 0.3) is 0 Å². The van der Waals surface area contributed by atoms with Crippen LogP contribution < -0.4 is 10.5 Å². The van der Waals surface area contributed by atoms with Crippen LogP contribution in [0.25, 0.3) is 0 Å². The molecular weight excluding hydrogens is 214 g/mol. The molecule has 0 aliphatic carbocycles. The number of benzene rings is 1. The molecule has 0 aliphatic heterocycles. The molecule has 96 valence electrons. The van der Waals surface area contributed by atoms with Crippen molar-refractivity contribution in [3.8, 4) is 5.75 Å². The van der Waals surface area contributed by atoms with Gasteiger partial charge in [-0.1, -0.05) is 25.5 Å². The zero-order valence-electron chi connectivity index (χ0n) is 10.8. The lowest BCUT2D eigenvalue weighted by Gasteiger charge is -2.12. The molecular formula is C14H23NO2. The van der Waals surface area contributed by atoms with Crippen LogP contribution in [0, 0.1) is 0 Å². The number of nitrogens with two attached hydrogens (primary N) is 1. The van der Waals surface area contributed by atoms with E-state index in [4.69, 9.17) is 15.2 Å². The maximum Gasteiger partial charge on any atom is 0.119 e. The van der Waals surface area contributed by atoms with Crippen molar-refractivity contribution in [1.82, 2.24) is 0 Å². The molecule has 0 bridgehead atoms. The van der Waals surface area contributed by atoms with E-state index < -0.39 is 0 Å². The molecule has 0 spiro atoms. The van der Waals surface area contributed by atoms with Crippen LogP contribution in [0.15, 0.2) is 24.3 Å². The highest BCUT2D eigenvalue weighted by molar-refractivity contribution is 5.27. The van der Waals surface area contributed by atoms with Crippen LogP contribution >= 0.6 is 0 Å². The minimum Gasteiger partial charge on any atom is -0.492 e. The first-order valence-electron chi connectivity index (χ1n) is 6.22. The minimum atomic E-state index is -0.0697. The zero-order chi connectivity index (χ0) is 12.5. The van der Waals surface area contributed by atoms with Gasteiger partial charge in [0.15, 0.2) is 0 Å². The zero-order valence-corrected chi connectivity index (χ0v) is 10.8. The molecule has 0 amide bonds. The molecule has 3 nitrogen and oxygen atoms in total. The largest absolute Gasteiger partial charge is 0.492 e. The van der Waals surface area contributed by atoms with Crippen molar-refractivity contribution in [3.05, 3.63) is 29.8 Å². The van der Waals surface area contributed by atoms with Crippen molar-refractivity contribution < 1.29 is 9.47 Å². The summed E-state index contributed by atoms with van der Waals surface area (Å²) in [6, 6.07) is 8.18. The molecule has 0 heterocycles. The Morgan fingerprint density at radius 3 is 2.47 bits per heavy atom. The third kappa shape index (κ3) is 5.71. The molecule has 0 saturated heterocycles. The summed E-state index contributed by atoms with van der Waals surface area (Å²) in [7, 11) is 1.64. The Labute approximate surface area is 104 Å². The average molecular weight is 237 g/mol. The molecule has 0 aromatic heterocycles. The average Bonchev–Trinajstić information content (AvgIpc) is 2.35. The second-order valence-electron chi connectivity index (χ2n) is 4.27. The van der Waals surface area contributed by atoms with Crippen molar-refractivity contribution in [2.45, 2.75) is 32.2 Å². The number of methoxy groups -OCH3 is 1. The fourth-order valence-corrected chi connectivity index (χ4v) is 1.60. The van der Waals surface area contributed by atoms with Gasteiger partial charge in [-0.25, -0.2) is 0 Å². The summed E-state index contributed by atoms with van der Waals surface area (Å²) in [6.45, 7) is 3.21. The summed E-state index contributed by atoms with van der Waals surface area (Å²) in [5, 5.41) is 0. The number of hydrogen-bond acceptors (Lipinski definition) is 3. The topological polar surface area (TPSA) is 44.5 Å². The van der Waals surface area contributed by atoms with E-state index in [1.165, 1.54) is 18.4 Å². The van der Waals surface area contributed by atoms with Crippen molar-refractivity contribution in [2.75, 3.05) is 20.3 Å². The van der Waals surface area contributed by atoms with Crippen LogP contribution in [-0.4, -0.2) is 26.4 Å². The molecule has 1 aromatic carbocycles. The second-order valence-corrected chi connectivity index (χ2v) is 4.27. The van der Waals surface area contributed by atoms with E-state index in [0.29, 0.717) is 13.2 Å². The number of aryl methyl sites for hydroxylation is 1. The lowest BCUT2D eigenvalue weighted by atomic mass is 10.1. The van der Waals surface area contributed by atoms with E-state index in [1.54, 1.807) is 7.11 Å². The molecule has 0 radical (unpaired) electrons. The third-order valence-electron chi connectivity index (χ3n) is 2.59. The predicted molar refractivity (Wildman–Crippen MR) is 70.4 cm³/mol. The number of rotatable bonds is 8. The fourth-order valence-electron chi connectivity index (χ4n) is 1.60. The first kappa shape index (κ1) is 14.0. The second kappa shape index (κ2) is 8.09. The molecule has 0 fully saturated rings. The monoisotopic (exact) mass is 237 g/mol. The first-order chi connectivity index (χ1) is 8.26. The minimum absolute atomic E-state index is 0.0697. The summed E-state index contributed by atoms with van der Waals surface area (Å²) < 4.78 is 10.5. The van der Waals surface area contributed by atoms with Gasteiger partial charge in [-0.2, -0.15) is 0 Å². The lowest BCUT2D eigenvalue weighted by molar-refractivity contribution is 0.152. The Balaban J connectivity index is 2.34. The fraction of sp³-hybridized carbons (Fsp3) is 0.571. The third-order valence-corrected chi connectivity index (χ3v) is 2.59. The molecule has 1 unspecified atom stereocenters. The number of unbranched alkanes of at least 4 members (excludes halogenated alkanes) is 1. The van der Waals surface area contributed by atoms with Gasteiger partial charge >= 0.3 is 0 Å². The van der Waals surface area contributed by atoms with Crippen molar-refractivity contribution in [3.63, 3.8) is 0 Å². The first-order valence-corrected chi connectivity index (χ1v) is 6.22. The molecule has 0 saturated carbocycles. The highest BCUT2D eigenvalue weighted by atomic mass is 16.5. The van der Waals surface area contributed by atoms with Crippen LogP contribution in [0.4, 0.5) is 0 Å². The molecule has 1 aromatic rings. The summed E-state index contributed by atoms with van der Waals surface area (Å²) in [4.78, 5) is 0. The van der Waals surface area contributed by atoms with E-state index in [9.17, 15) is 0 Å². The SMILES string of the molecule is CCCCc1ccc(OCC(N)COC)cc1. The number of ether oxygens (including phenoxy) is 2. The van der Waals surface area contributed by atoms with Gasteiger partial charge in [0, 0.05) is 7.11 Å². The van der Waals surface area contributed by atoms with Crippen molar-refractivity contribution in [1.29, 1.82) is 0 Å². The maximum absolute atomic E-state index is 5.78. The Bertz CT molecular complexity index is 298. The highest BCUT2D eigenvalue weighted by Crippen LogP contribution is 2.14. The molecule has 3 heteroatoms. The van der Waals surface area contributed by atoms with E-state index in [1.807, 2.05) is 12.1 Å². The number of hydrogen-bond donors (Lipinski definition) is 1. The van der Waals surface area contributed by atoms with E-state index in [0.717, 1.165) is 12.2 Å². The normalized spacial score (nSPS) is 12.4. The van der Waals surface area contributed by atoms with Crippen LogP contribution in [0.1, 0.15) is 25.3 Å². The van der Waals surface area contributed by atoms with Gasteiger partial charge in [0.2, 0.25) is 0 Å². The van der Waals surface area contributed by atoms with Gasteiger partial charge in [-0.15, -0.1) is 0 Å². The van der Waals surface area contributed by atoms with E-state index >= 15 is 0 Å². The van der Waals surface area contributed by atoms with Crippen LogP contribution in [0.2, 0.25) is 0 Å².